The van der Waals surface area contributed by atoms with Crippen molar-refractivity contribution in [2.24, 2.45) is 17.3 Å². The van der Waals surface area contributed by atoms with Crippen molar-refractivity contribution in [2.75, 3.05) is 6.61 Å². The van der Waals surface area contributed by atoms with Gasteiger partial charge in [0.1, 0.15) is 0 Å². The topological polar surface area (TPSA) is 9.23 Å². The van der Waals surface area contributed by atoms with E-state index in [1.165, 1.54) is 19.3 Å². The van der Waals surface area contributed by atoms with Crippen LogP contribution in [0, 0.1) is 17.3 Å². The molecule has 1 fully saturated rings. The summed E-state index contributed by atoms with van der Waals surface area (Å²) in [4.78, 5) is 0. The van der Waals surface area contributed by atoms with Crippen LogP contribution < -0.4 is 0 Å². The molecule has 0 radical (unpaired) electrons. The van der Waals surface area contributed by atoms with E-state index in [-0.39, 0.29) is 0 Å². The molecule has 0 aromatic heterocycles. The van der Waals surface area contributed by atoms with E-state index in [0.29, 0.717) is 17.4 Å². The van der Waals surface area contributed by atoms with Crippen molar-refractivity contribution >= 4 is 0 Å². The van der Waals surface area contributed by atoms with Crippen LogP contribution in [0.15, 0.2) is 0 Å². The van der Waals surface area contributed by atoms with Gasteiger partial charge in [0.05, 0.1) is 6.10 Å². The fraction of sp³-hybridized carbons (Fsp3) is 1.00. The van der Waals surface area contributed by atoms with Gasteiger partial charge in [0, 0.05) is 6.61 Å². The minimum Gasteiger partial charge on any atom is -0.378 e. The van der Waals surface area contributed by atoms with Crippen molar-refractivity contribution in [1.29, 1.82) is 0 Å². The van der Waals surface area contributed by atoms with E-state index in [9.17, 15) is 0 Å². The van der Waals surface area contributed by atoms with Crippen LogP contribution in [0.4, 0.5) is 0 Å². The average molecular weight is 198 g/mol. The highest BCUT2D eigenvalue weighted by Gasteiger charge is 2.44. The third-order valence-electron chi connectivity index (χ3n) is 4.04. The molecule has 1 atom stereocenters. The molecule has 1 aliphatic carbocycles. The van der Waals surface area contributed by atoms with Crippen LogP contribution in [0.2, 0.25) is 0 Å². The van der Waals surface area contributed by atoms with Gasteiger partial charge in [-0.1, -0.05) is 27.7 Å². The van der Waals surface area contributed by atoms with Gasteiger partial charge in [-0.05, 0) is 43.4 Å². The Bertz CT molecular complexity index is 168. The molecule has 0 aliphatic heterocycles. The van der Waals surface area contributed by atoms with Crippen LogP contribution >= 0.6 is 0 Å². The number of hydrogen-bond donors (Lipinski definition) is 0. The maximum atomic E-state index is 5.83. The van der Waals surface area contributed by atoms with Gasteiger partial charge in [0.15, 0.2) is 0 Å². The fourth-order valence-electron chi connectivity index (χ4n) is 1.92. The monoisotopic (exact) mass is 198 g/mol. The van der Waals surface area contributed by atoms with Crippen LogP contribution in [-0.2, 0) is 4.74 Å². The minimum absolute atomic E-state index is 0.415. The van der Waals surface area contributed by atoms with E-state index in [4.69, 9.17) is 4.74 Å². The van der Waals surface area contributed by atoms with Crippen molar-refractivity contribution in [1.82, 2.24) is 0 Å². The van der Waals surface area contributed by atoms with E-state index in [0.717, 1.165) is 12.5 Å². The molecule has 14 heavy (non-hydrogen) atoms. The lowest BCUT2D eigenvalue weighted by Crippen LogP contribution is -2.19. The summed E-state index contributed by atoms with van der Waals surface area (Å²) in [5.74, 6) is 1.48. The second kappa shape index (κ2) is 4.65. The molecule has 0 saturated heterocycles. The molecule has 0 heterocycles. The number of rotatable bonds is 6. The Morgan fingerprint density at radius 1 is 1.07 bits per heavy atom. The lowest BCUT2D eigenvalue weighted by atomic mass is 9.89. The summed E-state index contributed by atoms with van der Waals surface area (Å²) in [6.07, 6.45) is 4.52. The van der Waals surface area contributed by atoms with E-state index >= 15 is 0 Å². The molecule has 0 amide bonds. The van der Waals surface area contributed by atoms with Gasteiger partial charge in [-0.2, -0.15) is 0 Å². The third-order valence-corrected chi connectivity index (χ3v) is 4.04. The summed E-state index contributed by atoms with van der Waals surface area (Å²) >= 11 is 0. The van der Waals surface area contributed by atoms with Crippen molar-refractivity contribution < 1.29 is 4.74 Å². The predicted molar refractivity (Wildman–Crippen MR) is 61.4 cm³/mol. The first-order chi connectivity index (χ1) is 6.48. The lowest BCUT2D eigenvalue weighted by Gasteiger charge is -2.22. The summed E-state index contributed by atoms with van der Waals surface area (Å²) < 4.78 is 5.83. The maximum absolute atomic E-state index is 5.83. The van der Waals surface area contributed by atoms with Crippen molar-refractivity contribution in [2.45, 2.75) is 60.0 Å². The van der Waals surface area contributed by atoms with Crippen molar-refractivity contribution in [3.05, 3.63) is 0 Å². The summed E-state index contributed by atoms with van der Waals surface area (Å²) in [6.45, 7) is 12.3. The largest absolute Gasteiger partial charge is 0.378 e. The Balaban J connectivity index is 2.16. The fourth-order valence-corrected chi connectivity index (χ4v) is 1.92. The molecule has 0 N–H and O–H groups in total. The first-order valence-corrected chi connectivity index (χ1v) is 6.09. The van der Waals surface area contributed by atoms with Gasteiger partial charge in [-0.25, -0.2) is 0 Å². The first-order valence-electron chi connectivity index (χ1n) is 6.09. The van der Waals surface area contributed by atoms with E-state index < -0.39 is 0 Å². The molecule has 1 saturated carbocycles. The molecule has 1 aliphatic rings. The Morgan fingerprint density at radius 3 is 2.00 bits per heavy atom. The summed E-state index contributed by atoms with van der Waals surface area (Å²) in [7, 11) is 0. The van der Waals surface area contributed by atoms with Gasteiger partial charge in [0.2, 0.25) is 0 Å². The van der Waals surface area contributed by atoms with Crippen LogP contribution in [0.3, 0.4) is 0 Å². The van der Waals surface area contributed by atoms with Gasteiger partial charge in [-0.15, -0.1) is 0 Å². The molecular formula is C13H26O. The van der Waals surface area contributed by atoms with E-state index in [1.807, 2.05) is 0 Å². The van der Waals surface area contributed by atoms with Crippen molar-refractivity contribution in [3.8, 4) is 0 Å². The SMILES string of the molecule is CC(C)[C@@H](C)OCCC1(C(C)C)CC1. The van der Waals surface area contributed by atoms with Crippen LogP contribution in [0.25, 0.3) is 0 Å². The zero-order chi connectivity index (χ0) is 10.8. The molecule has 0 aromatic rings. The quantitative estimate of drug-likeness (QED) is 0.629. The Morgan fingerprint density at radius 2 is 1.64 bits per heavy atom. The Labute approximate surface area is 89.2 Å². The van der Waals surface area contributed by atoms with Gasteiger partial charge in [-0.3, -0.25) is 0 Å². The highest BCUT2D eigenvalue weighted by Crippen LogP contribution is 2.54. The van der Waals surface area contributed by atoms with E-state index in [2.05, 4.69) is 34.6 Å². The van der Waals surface area contributed by atoms with Gasteiger partial charge < -0.3 is 4.74 Å². The summed E-state index contributed by atoms with van der Waals surface area (Å²) in [5.41, 5.74) is 0.650. The maximum Gasteiger partial charge on any atom is 0.0569 e. The van der Waals surface area contributed by atoms with Gasteiger partial charge >= 0.3 is 0 Å². The zero-order valence-corrected chi connectivity index (χ0v) is 10.5. The molecule has 0 spiro atoms. The first kappa shape index (κ1) is 12.0. The van der Waals surface area contributed by atoms with Crippen LogP contribution in [-0.4, -0.2) is 12.7 Å². The third kappa shape index (κ3) is 2.98. The summed E-state index contributed by atoms with van der Waals surface area (Å²) in [5, 5.41) is 0. The lowest BCUT2D eigenvalue weighted by molar-refractivity contribution is 0.0223. The van der Waals surface area contributed by atoms with Crippen LogP contribution in [0.5, 0.6) is 0 Å². The summed E-state index contributed by atoms with van der Waals surface area (Å²) in [6, 6.07) is 0. The average Bonchev–Trinajstić information content (AvgIpc) is 2.85. The van der Waals surface area contributed by atoms with Crippen molar-refractivity contribution in [3.63, 3.8) is 0 Å². The normalized spacial score (nSPS) is 21.6. The molecule has 0 bridgehead atoms. The smallest absolute Gasteiger partial charge is 0.0569 e. The second-order valence-electron chi connectivity index (χ2n) is 5.59. The standard InChI is InChI=1S/C13H26O/c1-10(2)12(5)14-9-8-13(6-7-13)11(3)4/h10-12H,6-9H2,1-5H3/t12-/m1/s1. The Hall–Kier alpha value is -0.0400. The molecular weight excluding hydrogens is 172 g/mol. The number of hydrogen-bond acceptors (Lipinski definition) is 1. The molecule has 0 unspecified atom stereocenters. The molecule has 1 nitrogen and oxygen atoms in total. The predicted octanol–water partition coefficient (Wildman–Crippen LogP) is 3.87. The highest BCUT2D eigenvalue weighted by molar-refractivity contribution is 4.95. The zero-order valence-electron chi connectivity index (χ0n) is 10.5. The van der Waals surface area contributed by atoms with Gasteiger partial charge in [0.25, 0.3) is 0 Å². The Kier molecular flexibility index (Phi) is 4.00. The molecule has 84 valence electrons. The number of ether oxygens (including phenoxy) is 1. The second-order valence-corrected chi connectivity index (χ2v) is 5.59. The van der Waals surface area contributed by atoms with E-state index in [1.54, 1.807) is 0 Å². The minimum atomic E-state index is 0.415. The highest BCUT2D eigenvalue weighted by atomic mass is 16.5. The molecule has 1 heteroatoms. The molecule has 1 rings (SSSR count). The molecule has 0 aromatic carbocycles. The van der Waals surface area contributed by atoms with Crippen LogP contribution in [0.1, 0.15) is 53.9 Å².